The Labute approximate surface area is 149 Å². The van der Waals surface area contributed by atoms with Crippen molar-refractivity contribution < 1.29 is 14.7 Å². The summed E-state index contributed by atoms with van der Waals surface area (Å²) in [7, 11) is 1.71. The highest BCUT2D eigenvalue weighted by molar-refractivity contribution is 6.10. The number of rotatable bonds is 4. The first-order valence-corrected chi connectivity index (χ1v) is 7.89. The van der Waals surface area contributed by atoms with Crippen molar-refractivity contribution in [1.82, 2.24) is 9.36 Å². The highest BCUT2D eigenvalue weighted by Crippen LogP contribution is 2.16. The summed E-state index contributed by atoms with van der Waals surface area (Å²) >= 11 is 0. The number of aromatic carboxylic acids is 1. The average Bonchev–Trinajstić information content (AvgIpc) is 2.85. The van der Waals surface area contributed by atoms with Crippen LogP contribution >= 0.6 is 0 Å². The third kappa shape index (κ3) is 2.90. The van der Waals surface area contributed by atoms with Crippen molar-refractivity contribution in [3.63, 3.8) is 0 Å². The lowest BCUT2D eigenvalue weighted by Crippen LogP contribution is -2.23. The average molecular weight is 351 g/mol. The number of hydrogen-bond donors (Lipinski definition) is 2. The van der Waals surface area contributed by atoms with Crippen LogP contribution in [-0.2, 0) is 7.05 Å². The number of aromatic nitrogens is 2. The lowest BCUT2D eigenvalue weighted by molar-refractivity contribution is 0.0692. The highest BCUT2D eigenvalue weighted by atomic mass is 16.4. The summed E-state index contributed by atoms with van der Waals surface area (Å²) in [5.41, 5.74) is 0.810. The first-order valence-electron chi connectivity index (χ1n) is 7.89. The number of carboxylic acid groups (broad SMARTS) is 1. The summed E-state index contributed by atoms with van der Waals surface area (Å²) in [6.45, 7) is 1.71. The molecular weight excluding hydrogens is 334 g/mol. The van der Waals surface area contributed by atoms with Gasteiger partial charge in [-0.2, -0.15) is 0 Å². The fourth-order valence-corrected chi connectivity index (χ4v) is 2.76. The zero-order chi connectivity index (χ0) is 18.8. The Morgan fingerprint density at radius 1 is 0.962 bits per heavy atom. The summed E-state index contributed by atoms with van der Waals surface area (Å²) in [5.74, 6) is -1.85. The van der Waals surface area contributed by atoms with Crippen LogP contribution in [0.2, 0.25) is 0 Å². The van der Waals surface area contributed by atoms with Gasteiger partial charge in [0.1, 0.15) is 5.69 Å². The second-order valence-electron chi connectivity index (χ2n) is 5.74. The van der Waals surface area contributed by atoms with Gasteiger partial charge in [-0.25, -0.2) is 9.48 Å². The van der Waals surface area contributed by atoms with Gasteiger partial charge in [-0.15, -0.1) is 0 Å². The van der Waals surface area contributed by atoms with Crippen LogP contribution in [0.25, 0.3) is 5.69 Å². The molecule has 0 radical (unpaired) electrons. The normalized spacial score (nSPS) is 10.5. The fourth-order valence-electron chi connectivity index (χ4n) is 2.76. The second kappa shape index (κ2) is 6.72. The molecule has 7 nitrogen and oxygen atoms in total. The van der Waals surface area contributed by atoms with E-state index in [1.165, 1.54) is 22.9 Å². The molecule has 0 bridgehead atoms. The molecular formula is C19H17N3O4. The van der Waals surface area contributed by atoms with Gasteiger partial charge in [0, 0.05) is 7.05 Å². The van der Waals surface area contributed by atoms with E-state index < -0.39 is 17.4 Å². The van der Waals surface area contributed by atoms with E-state index in [1.807, 2.05) is 18.2 Å². The van der Waals surface area contributed by atoms with E-state index in [0.717, 1.165) is 0 Å². The van der Waals surface area contributed by atoms with E-state index in [4.69, 9.17) is 0 Å². The quantitative estimate of drug-likeness (QED) is 0.755. The number of nitrogens with zero attached hydrogens (tertiary/aromatic N) is 2. The van der Waals surface area contributed by atoms with E-state index in [-0.39, 0.29) is 16.8 Å². The minimum atomic E-state index is -1.21. The molecule has 1 heterocycles. The van der Waals surface area contributed by atoms with Crippen molar-refractivity contribution in [1.29, 1.82) is 0 Å². The molecule has 0 spiro atoms. The van der Waals surface area contributed by atoms with Gasteiger partial charge in [0.25, 0.3) is 11.5 Å². The summed E-state index contributed by atoms with van der Waals surface area (Å²) in [4.78, 5) is 36.7. The van der Waals surface area contributed by atoms with Crippen molar-refractivity contribution in [3.05, 3.63) is 81.8 Å². The maximum atomic E-state index is 12.8. The number of anilines is 1. The van der Waals surface area contributed by atoms with Crippen LogP contribution < -0.4 is 10.9 Å². The van der Waals surface area contributed by atoms with Crippen molar-refractivity contribution in [2.24, 2.45) is 7.05 Å². The summed E-state index contributed by atoms with van der Waals surface area (Å²) in [5, 5.41) is 11.8. The Morgan fingerprint density at radius 2 is 1.54 bits per heavy atom. The standard InChI is InChI=1S/C19H17N3O4/c1-12-16(18(24)22(21(12)2)13-8-4-3-5-9-13)20-17(23)14-10-6-7-11-15(14)19(25)26/h3-11H,1-2H3,(H,20,23)(H,25,26). The Kier molecular flexibility index (Phi) is 4.45. The Hall–Kier alpha value is -3.61. The molecule has 0 saturated heterocycles. The molecule has 1 amide bonds. The lowest BCUT2D eigenvalue weighted by atomic mass is 10.1. The van der Waals surface area contributed by atoms with Crippen molar-refractivity contribution in [2.75, 3.05) is 5.32 Å². The van der Waals surface area contributed by atoms with Crippen LogP contribution in [0, 0.1) is 6.92 Å². The van der Waals surface area contributed by atoms with Crippen LogP contribution in [0.4, 0.5) is 5.69 Å². The molecule has 7 heteroatoms. The molecule has 1 aromatic heterocycles. The van der Waals surface area contributed by atoms with Gasteiger partial charge in [0.05, 0.1) is 22.5 Å². The minimum Gasteiger partial charge on any atom is -0.478 e. The molecule has 0 atom stereocenters. The zero-order valence-corrected chi connectivity index (χ0v) is 14.3. The minimum absolute atomic E-state index is 0.00564. The first-order chi connectivity index (χ1) is 12.4. The third-order valence-electron chi connectivity index (χ3n) is 4.19. The van der Waals surface area contributed by atoms with Crippen LogP contribution in [0.5, 0.6) is 0 Å². The van der Waals surface area contributed by atoms with Gasteiger partial charge >= 0.3 is 5.97 Å². The Bertz CT molecular complexity index is 1050. The van der Waals surface area contributed by atoms with Gasteiger partial charge in [-0.1, -0.05) is 30.3 Å². The highest BCUT2D eigenvalue weighted by Gasteiger charge is 2.21. The molecule has 0 aliphatic rings. The van der Waals surface area contributed by atoms with E-state index in [1.54, 1.807) is 36.9 Å². The van der Waals surface area contributed by atoms with E-state index in [0.29, 0.717) is 11.4 Å². The largest absolute Gasteiger partial charge is 0.478 e. The zero-order valence-electron chi connectivity index (χ0n) is 14.3. The molecule has 0 unspecified atom stereocenters. The fraction of sp³-hybridized carbons (Fsp3) is 0.105. The number of carbonyl (C=O) groups excluding carboxylic acids is 1. The predicted octanol–water partition coefficient (Wildman–Crippen LogP) is 2.43. The van der Waals surface area contributed by atoms with Crippen molar-refractivity contribution in [3.8, 4) is 5.69 Å². The number of nitrogens with one attached hydrogen (secondary N) is 1. The molecule has 0 fully saturated rings. The SMILES string of the molecule is Cc1c(NC(=O)c2ccccc2C(=O)O)c(=O)n(-c2ccccc2)n1C. The van der Waals surface area contributed by atoms with Crippen LogP contribution in [0.1, 0.15) is 26.4 Å². The number of para-hydroxylation sites is 1. The number of carbonyl (C=O) groups is 2. The van der Waals surface area contributed by atoms with Crippen molar-refractivity contribution in [2.45, 2.75) is 6.92 Å². The number of benzene rings is 2. The molecule has 132 valence electrons. The maximum absolute atomic E-state index is 12.8. The summed E-state index contributed by atoms with van der Waals surface area (Å²) in [6.07, 6.45) is 0. The van der Waals surface area contributed by atoms with Gasteiger partial charge < -0.3 is 10.4 Å². The monoisotopic (exact) mass is 351 g/mol. The molecule has 0 saturated carbocycles. The van der Waals surface area contributed by atoms with E-state index in [9.17, 15) is 19.5 Å². The Balaban J connectivity index is 2.04. The molecule has 3 aromatic rings. The second-order valence-corrected chi connectivity index (χ2v) is 5.74. The molecule has 26 heavy (non-hydrogen) atoms. The van der Waals surface area contributed by atoms with Gasteiger partial charge in [-0.05, 0) is 31.2 Å². The van der Waals surface area contributed by atoms with Crippen LogP contribution in [-0.4, -0.2) is 26.3 Å². The third-order valence-corrected chi connectivity index (χ3v) is 4.19. The van der Waals surface area contributed by atoms with Crippen molar-refractivity contribution >= 4 is 17.6 Å². The predicted molar refractivity (Wildman–Crippen MR) is 97.1 cm³/mol. The van der Waals surface area contributed by atoms with Gasteiger partial charge in [0.15, 0.2) is 0 Å². The summed E-state index contributed by atoms with van der Waals surface area (Å²) < 4.78 is 3.07. The van der Waals surface area contributed by atoms with Crippen LogP contribution in [0.15, 0.2) is 59.4 Å². The first kappa shape index (κ1) is 17.2. The molecule has 2 aromatic carbocycles. The van der Waals surface area contributed by atoms with Gasteiger partial charge in [0.2, 0.25) is 0 Å². The summed E-state index contributed by atoms with van der Waals surface area (Å²) in [6, 6.07) is 14.9. The maximum Gasteiger partial charge on any atom is 0.336 e. The smallest absolute Gasteiger partial charge is 0.336 e. The van der Waals surface area contributed by atoms with Gasteiger partial charge in [-0.3, -0.25) is 14.3 Å². The molecule has 0 aliphatic heterocycles. The molecule has 2 N–H and O–H groups in total. The van der Waals surface area contributed by atoms with Crippen LogP contribution in [0.3, 0.4) is 0 Å². The topological polar surface area (TPSA) is 93.3 Å². The van der Waals surface area contributed by atoms with E-state index >= 15 is 0 Å². The van der Waals surface area contributed by atoms with E-state index in [2.05, 4.69) is 5.32 Å². The molecule has 0 aliphatic carbocycles. The lowest BCUT2D eigenvalue weighted by Gasteiger charge is -2.07. The molecule has 3 rings (SSSR count). The Morgan fingerprint density at radius 3 is 2.15 bits per heavy atom. The number of amides is 1. The number of hydrogen-bond acceptors (Lipinski definition) is 3. The number of carboxylic acids is 1.